The second kappa shape index (κ2) is 9.36. The van der Waals surface area contributed by atoms with Crippen molar-refractivity contribution in [3.63, 3.8) is 0 Å². The third kappa shape index (κ3) is 4.85. The Morgan fingerprint density at radius 2 is 1.92 bits per heavy atom. The zero-order valence-corrected chi connectivity index (χ0v) is 14.2. The van der Waals surface area contributed by atoms with E-state index < -0.39 is 0 Å². The molecule has 0 aliphatic carbocycles. The van der Waals surface area contributed by atoms with Crippen molar-refractivity contribution < 1.29 is 9.47 Å². The van der Waals surface area contributed by atoms with E-state index in [0.29, 0.717) is 30.2 Å². The first kappa shape index (κ1) is 17.6. The zero-order valence-electron chi connectivity index (χ0n) is 14.2. The summed E-state index contributed by atoms with van der Waals surface area (Å²) in [5, 5.41) is 9.45. The van der Waals surface area contributed by atoms with Gasteiger partial charge >= 0.3 is 0 Å². The number of hydrogen-bond acceptors (Lipinski definition) is 4. The molecule has 0 aliphatic heterocycles. The van der Waals surface area contributed by atoms with Gasteiger partial charge in [0.15, 0.2) is 0 Å². The number of aromatic nitrogens is 1. The minimum Gasteiger partial charge on any atom is -0.493 e. The molecule has 1 aromatic carbocycles. The fourth-order valence-corrected chi connectivity index (χ4v) is 2.12. The van der Waals surface area contributed by atoms with Gasteiger partial charge in [0.25, 0.3) is 0 Å². The van der Waals surface area contributed by atoms with Crippen molar-refractivity contribution in [2.24, 2.45) is 0 Å². The number of hydrogen-bond donors (Lipinski definition) is 0. The molecule has 0 saturated heterocycles. The van der Waals surface area contributed by atoms with Crippen LogP contribution < -0.4 is 9.47 Å². The van der Waals surface area contributed by atoms with Crippen LogP contribution in [0.2, 0.25) is 0 Å². The lowest BCUT2D eigenvalue weighted by molar-refractivity contribution is 0.301. The lowest BCUT2D eigenvalue weighted by atomic mass is 10.1. The number of pyridine rings is 1. The van der Waals surface area contributed by atoms with E-state index in [9.17, 15) is 5.26 Å². The molecule has 0 spiro atoms. The van der Waals surface area contributed by atoms with Crippen LogP contribution in [-0.2, 0) is 0 Å². The topological polar surface area (TPSA) is 55.1 Å². The third-order valence-corrected chi connectivity index (χ3v) is 3.28. The highest BCUT2D eigenvalue weighted by atomic mass is 16.5. The van der Waals surface area contributed by atoms with E-state index in [1.165, 1.54) is 0 Å². The first-order valence-electron chi connectivity index (χ1n) is 8.21. The molecule has 24 heavy (non-hydrogen) atoms. The number of rotatable bonds is 8. The van der Waals surface area contributed by atoms with Gasteiger partial charge in [-0.25, -0.2) is 0 Å². The van der Waals surface area contributed by atoms with Crippen molar-refractivity contribution in [2.45, 2.75) is 26.7 Å². The van der Waals surface area contributed by atoms with Crippen molar-refractivity contribution in [2.75, 3.05) is 13.2 Å². The molecule has 0 atom stereocenters. The van der Waals surface area contributed by atoms with Crippen LogP contribution in [0, 0.1) is 11.3 Å². The van der Waals surface area contributed by atoms with Crippen molar-refractivity contribution in [3.05, 3.63) is 53.9 Å². The maximum Gasteiger partial charge on any atom is 0.130 e. The Bertz CT molecular complexity index is 718. The van der Waals surface area contributed by atoms with E-state index in [-0.39, 0.29) is 0 Å². The van der Waals surface area contributed by atoms with Crippen LogP contribution in [0.5, 0.6) is 11.5 Å². The molecular formula is C20H22N2O2. The van der Waals surface area contributed by atoms with Crippen LogP contribution in [0.15, 0.2) is 42.6 Å². The summed E-state index contributed by atoms with van der Waals surface area (Å²) in [4.78, 5) is 4.24. The lowest BCUT2D eigenvalue weighted by Gasteiger charge is -2.12. The third-order valence-electron chi connectivity index (χ3n) is 3.28. The Morgan fingerprint density at radius 1 is 1.12 bits per heavy atom. The predicted octanol–water partition coefficient (Wildman–Crippen LogP) is 4.72. The largest absolute Gasteiger partial charge is 0.493 e. The molecular weight excluding hydrogens is 300 g/mol. The summed E-state index contributed by atoms with van der Waals surface area (Å²) < 4.78 is 11.5. The molecule has 2 aromatic rings. The number of nitriles is 1. The van der Waals surface area contributed by atoms with E-state index in [0.717, 1.165) is 24.2 Å². The van der Waals surface area contributed by atoms with Crippen LogP contribution in [0.4, 0.5) is 0 Å². The molecule has 4 heteroatoms. The Labute approximate surface area is 143 Å². The molecule has 0 fully saturated rings. The minimum atomic E-state index is 0.499. The van der Waals surface area contributed by atoms with Gasteiger partial charge in [0.05, 0.1) is 24.5 Å². The van der Waals surface area contributed by atoms with Crippen LogP contribution in [0.3, 0.4) is 0 Å². The summed E-state index contributed by atoms with van der Waals surface area (Å²) in [7, 11) is 0. The number of nitrogens with zero attached hydrogens (tertiary/aromatic N) is 2. The first-order chi connectivity index (χ1) is 11.8. The first-order valence-corrected chi connectivity index (χ1v) is 8.21. The molecule has 0 unspecified atom stereocenters. The second-order valence-electron chi connectivity index (χ2n) is 5.28. The van der Waals surface area contributed by atoms with E-state index in [2.05, 4.69) is 24.9 Å². The zero-order chi connectivity index (χ0) is 17.2. The highest BCUT2D eigenvalue weighted by Gasteiger charge is 2.08. The number of benzene rings is 1. The van der Waals surface area contributed by atoms with Crippen molar-refractivity contribution in [3.8, 4) is 17.6 Å². The van der Waals surface area contributed by atoms with E-state index in [1.54, 1.807) is 12.3 Å². The van der Waals surface area contributed by atoms with Gasteiger partial charge in [-0.05, 0) is 43.2 Å². The molecule has 0 saturated carbocycles. The summed E-state index contributed by atoms with van der Waals surface area (Å²) in [6, 6.07) is 13.4. The lowest BCUT2D eigenvalue weighted by Crippen LogP contribution is -2.00. The molecule has 1 aromatic heterocycles. The summed E-state index contributed by atoms with van der Waals surface area (Å²) in [5.41, 5.74) is 1.99. The van der Waals surface area contributed by atoms with Gasteiger partial charge in [-0.1, -0.05) is 19.9 Å². The quantitative estimate of drug-likeness (QED) is 0.660. The summed E-state index contributed by atoms with van der Waals surface area (Å²) >= 11 is 0. The molecule has 124 valence electrons. The molecule has 4 nitrogen and oxygen atoms in total. The van der Waals surface area contributed by atoms with Crippen LogP contribution >= 0.6 is 0 Å². The Hall–Kier alpha value is -2.80. The maximum atomic E-state index is 9.45. The maximum absolute atomic E-state index is 9.45. The normalized spacial score (nSPS) is 11.0. The van der Waals surface area contributed by atoms with Gasteiger partial charge in [-0.15, -0.1) is 0 Å². The van der Waals surface area contributed by atoms with Crippen molar-refractivity contribution >= 4 is 11.6 Å². The smallest absolute Gasteiger partial charge is 0.130 e. The van der Waals surface area contributed by atoms with Gasteiger partial charge in [0.1, 0.15) is 17.6 Å². The molecule has 0 N–H and O–H groups in total. The SMILES string of the molecule is CCCOc1ccc(/C=C(\C#N)c2ccccn2)c(OCCC)c1. The highest BCUT2D eigenvalue weighted by Crippen LogP contribution is 2.29. The van der Waals surface area contributed by atoms with E-state index >= 15 is 0 Å². The van der Waals surface area contributed by atoms with Crippen molar-refractivity contribution in [1.82, 2.24) is 4.98 Å². The summed E-state index contributed by atoms with van der Waals surface area (Å²) in [5.74, 6) is 1.49. The average molecular weight is 322 g/mol. The molecule has 1 heterocycles. The van der Waals surface area contributed by atoms with Gasteiger partial charge in [-0.3, -0.25) is 4.98 Å². The highest BCUT2D eigenvalue weighted by molar-refractivity contribution is 5.89. The monoisotopic (exact) mass is 322 g/mol. The van der Waals surface area contributed by atoms with Gasteiger partial charge in [0.2, 0.25) is 0 Å². The van der Waals surface area contributed by atoms with E-state index in [1.807, 2.05) is 36.4 Å². The fraction of sp³-hybridized carbons (Fsp3) is 0.300. The molecule has 0 aliphatic rings. The van der Waals surface area contributed by atoms with E-state index in [4.69, 9.17) is 9.47 Å². The summed E-state index contributed by atoms with van der Waals surface area (Å²) in [6.07, 6.45) is 5.34. The van der Waals surface area contributed by atoms with Gasteiger partial charge < -0.3 is 9.47 Å². The summed E-state index contributed by atoms with van der Waals surface area (Å²) in [6.45, 7) is 5.41. The van der Waals surface area contributed by atoms with Crippen LogP contribution in [-0.4, -0.2) is 18.2 Å². The fourth-order valence-electron chi connectivity index (χ4n) is 2.12. The van der Waals surface area contributed by atoms with Crippen molar-refractivity contribution in [1.29, 1.82) is 5.26 Å². The number of ether oxygens (including phenoxy) is 2. The average Bonchev–Trinajstić information content (AvgIpc) is 2.64. The predicted molar refractivity (Wildman–Crippen MR) is 95.7 cm³/mol. The Kier molecular flexibility index (Phi) is 6.85. The second-order valence-corrected chi connectivity index (χ2v) is 5.28. The number of allylic oxidation sites excluding steroid dienone is 1. The van der Waals surface area contributed by atoms with Gasteiger partial charge in [0, 0.05) is 17.8 Å². The Morgan fingerprint density at radius 3 is 2.58 bits per heavy atom. The standard InChI is InChI=1S/C20H22N2O2/c1-3-11-23-18-9-8-16(20(14-18)24-12-4-2)13-17(15-21)19-7-5-6-10-22-19/h5-10,13-14H,3-4,11-12H2,1-2H3/b17-13+. The molecule has 0 radical (unpaired) electrons. The van der Waals surface area contributed by atoms with Gasteiger partial charge in [-0.2, -0.15) is 5.26 Å². The molecule has 2 rings (SSSR count). The molecule has 0 bridgehead atoms. The van der Waals surface area contributed by atoms with Crippen LogP contribution in [0.25, 0.3) is 11.6 Å². The minimum absolute atomic E-state index is 0.499. The molecule has 0 amide bonds. The Balaban J connectivity index is 2.36. The van der Waals surface area contributed by atoms with Crippen LogP contribution in [0.1, 0.15) is 37.9 Å².